The van der Waals surface area contributed by atoms with Crippen molar-refractivity contribution in [1.29, 1.82) is 0 Å². The van der Waals surface area contributed by atoms with Crippen molar-refractivity contribution in [3.63, 3.8) is 0 Å². The summed E-state index contributed by atoms with van der Waals surface area (Å²) in [5.41, 5.74) is 5.47. The molecule has 8 nitrogen and oxygen atoms in total. The van der Waals surface area contributed by atoms with Gasteiger partial charge >= 0.3 is 11.4 Å². The number of hydrogen-bond acceptors (Lipinski definition) is 6. The second kappa shape index (κ2) is 8.55. The van der Waals surface area contributed by atoms with Gasteiger partial charge < -0.3 is 10.6 Å². The van der Waals surface area contributed by atoms with Crippen LogP contribution in [0.25, 0.3) is 0 Å². The van der Waals surface area contributed by atoms with Crippen LogP contribution in [0.1, 0.15) is 25.3 Å². The molecule has 0 saturated heterocycles. The van der Waals surface area contributed by atoms with Crippen molar-refractivity contribution >= 4 is 21.3 Å². The Morgan fingerprint density at radius 1 is 1.21 bits per heavy atom. The molecule has 0 aliphatic carbocycles. The lowest BCUT2D eigenvalue weighted by Gasteiger charge is -2.22. The summed E-state index contributed by atoms with van der Waals surface area (Å²) in [4.78, 5) is 27.5. The van der Waals surface area contributed by atoms with Crippen LogP contribution in [0.2, 0.25) is 0 Å². The maximum Gasteiger partial charge on any atom is 0.341 e. The van der Waals surface area contributed by atoms with Crippen LogP contribution in [0.15, 0.2) is 38.8 Å². The van der Waals surface area contributed by atoms with Crippen molar-refractivity contribution < 1.29 is 17.2 Å². The first kappa shape index (κ1) is 21.6. The first-order valence-corrected chi connectivity index (χ1v) is 10.1. The van der Waals surface area contributed by atoms with E-state index in [1.165, 1.54) is 21.6 Å². The minimum absolute atomic E-state index is 0.0293. The van der Waals surface area contributed by atoms with E-state index in [1.54, 1.807) is 7.05 Å². The van der Waals surface area contributed by atoms with E-state index in [9.17, 15) is 26.8 Å². The van der Waals surface area contributed by atoms with Crippen LogP contribution in [0.4, 0.5) is 20.3 Å². The monoisotopic (exact) mass is 416 g/mol. The number of nitrogens with zero attached hydrogens (tertiary/aromatic N) is 2. The van der Waals surface area contributed by atoms with E-state index in [-0.39, 0.29) is 18.1 Å². The number of anilines is 2. The molecule has 1 aromatic heterocycles. The van der Waals surface area contributed by atoms with Crippen molar-refractivity contribution in [2.75, 3.05) is 17.7 Å². The van der Waals surface area contributed by atoms with Crippen molar-refractivity contribution in [3.05, 3.63) is 50.7 Å². The van der Waals surface area contributed by atoms with Gasteiger partial charge in [0.2, 0.25) is 9.84 Å². The average Bonchev–Trinajstić information content (AvgIpc) is 2.61. The van der Waals surface area contributed by atoms with Gasteiger partial charge in [0.15, 0.2) is 0 Å². The number of alkyl halides is 2. The van der Waals surface area contributed by atoms with Gasteiger partial charge in [-0.25, -0.2) is 13.2 Å². The lowest BCUT2D eigenvalue weighted by Crippen LogP contribution is -2.37. The number of aromatic nitrogens is 2. The van der Waals surface area contributed by atoms with Crippen molar-refractivity contribution in [3.8, 4) is 0 Å². The number of sulfone groups is 1. The van der Waals surface area contributed by atoms with Gasteiger partial charge in [-0.2, -0.15) is 8.78 Å². The topological polar surface area (TPSA) is 118 Å². The molecule has 11 heteroatoms. The molecule has 0 spiro atoms. The molecule has 0 saturated carbocycles. The molecule has 0 aliphatic rings. The number of halogens is 2. The van der Waals surface area contributed by atoms with Crippen molar-refractivity contribution in [2.45, 2.75) is 43.5 Å². The molecule has 3 N–H and O–H groups in total. The molecule has 2 aromatic rings. The van der Waals surface area contributed by atoms with Crippen LogP contribution in [0, 0.1) is 0 Å². The van der Waals surface area contributed by atoms with Gasteiger partial charge in [0.25, 0.3) is 5.56 Å². The maximum absolute atomic E-state index is 12.6. The second-order valence-electron chi connectivity index (χ2n) is 6.30. The van der Waals surface area contributed by atoms with E-state index >= 15 is 0 Å². The third-order valence-corrected chi connectivity index (χ3v) is 5.64. The van der Waals surface area contributed by atoms with Gasteiger partial charge in [-0.1, -0.05) is 25.5 Å². The fraction of sp³-hybridized carbons (Fsp3) is 0.412. The van der Waals surface area contributed by atoms with Gasteiger partial charge in [0.05, 0.1) is 4.90 Å². The molecule has 28 heavy (non-hydrogen) atoms. The Balaban J connectivity index is 2.32. The van der Waals surface area contributed by atoms with Crippen LogP contribution < -0.4 is 21.9 Å². The highest BCUT2D eigenvalue weighted by atomic mass is 32.2. The van der Waals surface area contributed by atoms with Crippen molar-refractivity contribution in [2.24, 2.45) is 0 Å². The van der Waals surface area contributed by atoms with Crippen LogP contribution in [0.3, 0.4) is 0 Å². The van der Waals surface area contributed by atoms with Crippen LogP contribution in [-0.4, -0.2) is 30.8 Å². The summed E-state index contributed by atoms with van der Waals surface area (Å²) in [5, 5.41) is 0. The molecule has 1 heterocycles. The van der Waals surface area contributed by atoms with E-state index in [0.717, 1.165) is 18.6 Å². The summed E-state index contributed by atoms with van der Waals surface area (Å²) < 4.78 is 49.4. The Morgan fingerprint density at radius 3 is 2.36 bits per heavy atom. The summed E-state index contributed by atoms with van der Waals surface area (Å²) in [6.45, 7) is 2.46. The van der Waals surface area contributed by atoms with Gasteiger partial charge in [-0.15, -0.1) is 0 Å². The molecule has 0 bridgehead atoms. The molecule has 0 aliphatic heterocycles. The second-order valence-corrected chi connectivity index (χ2v) is 8.22. The van der Waals surface area contributed by atoms with Gasteiger partial charge in [-0.05, 0) is 24.1 Å². The number of hydrogen-bond donors (Lipinski definition) is 2. The smallest absolute Gasteiger partial charge is 0.341 e. The van der Waals surface area contributed by atoms with Crippen molar-refractivity contribution in [1.82, 2.24) is 9.55 Å². The quantitative estimate of drug-likeness (QED) is 0.674. The zero-order chi connectivity index (χ0) is 21.1. The van der Waals surface area contributed by atoms with Crippen LogP contribution in [0.5, 0.6) is 0 Å². The van der Waals surface area contributed by atoms with Gasteiger partial charge in [0, 0.05) is 20.1 Å². The van der Waals surface area contributed by atoms with Crippen LogP contribution in [-0.2, 0) is 22.9 Å². The fourth-order valence-electron chi connectivity index (χ4n) is 2.72. The Morgan fingerprint density at radius 2 is 1.82 bits per heavy atom. The Labute approximate surface area is 160 Å². The normalized spacial score (nSPS) is 11.8. The number of H-pyrrole nitrogens is 1. The largest absolute Gasteiger partial charge is 0.383 e. The summed E-state index contributed by atoms with van der Waals surface area (Å²) in [6.07, 6.45) is 1.55. The first-order chi connectivity index (χ1) is 13.1. The summed E-state index contributed by atoms with van der Waals surface area (Å²) in [6, 6.07) is 4.92. The number of nitrogen functional groups attached to an aromatic ring is 1. The standard InChI is InChI=1S/C17H22F2N4O4S/c1-3-4-9-23-14(20)13(15(24)21-17(23)25)22(2)10-11-5-7-12(8-6-11)28(26,27)16(18)19/h5-8,16H,3-4,9-10,20H2,1-2H3,(H,21,24,25). The predicted molar refractivity (Wildman–Crippen MR) is 102 cm³/mol. The molecular weight excluding hydrogens is 394 g/mol. The number of nitrogens with one attached hydrogen (secondary N) is 1. The van der Waals surface area contributed by atoms with Gasteiger partial charge in [-0.3, -0.25) is 14.3 Å². The van der Waals surface area contributed by atoms with E-state index in [4.69, 9.17) is 5.73 Å². The molecule has 2 rings (SSSR count). The third kappa shape index (κ3) is 4.41. The number of unbranched alkanes of at least 4 members (excludes halogenated alkanes) is 1. The molecule has 1 aromatic carbocycles. The summed E-state index contributed by atoms with van der Waals surface area (Å²) in [5.74, 6) is -3.47. The SMILES string of the molecule is CCCCn1c(N)c(N(C)Cc2ccc(S(=O)(=O)C(F)F)cc2)c(=O)[nH]c1=O. The average molecular weight is 416 g/mol. The van der Waals surface area contributed by atoms with E-state index in [1.807, 2.05) is 6.92 Å². The Kier molecular flexibility index (Phi) is 6.60. The predicted octanol–water partition coefficient (Wildman–Crippen LogP) is 1.55. The minimum Gasteiger partial charge on any atom is -0.383 e. The number of rotatable bonds is 8. The molecule has 0 atom stereocenters. The molecule has 0 fully saturated rings. The van der Waals surface area contributed by atoms with E-state index in [2.05, 4.69) is 4.98 Å². The zero-order valence-corrected chi connectivity index (χ0v) is 16.3. The maximum atomic E-state index is 12.6. The first-order valence-electron chi connectivity index (χ1n) is 8.54. The highest BCUT2D eigenvalue weighted by Gasteiger charge is 2.26. The number of nitrogens with two attached hydrogens (primary N) is 1. The van der Waals surface area contributed by atoms with Gasteiger partial charge in [0.1, 0.15) is 11.5 Å². The van der Waals surface area contributed by atoms with E-state index < -0.39 is 31.7 Å². The Hall–Kier alpha value is -2.69. The Bertz CT molecular complexity index is 1050. The summed E-state index contributed by atoms with van der Waals surface area (Å²) >= 11 is 0. The summed E-state index contributed by atoms with van der Waals surface area (Å²) in [7, 11) is -3.08. The highest BCUT2D eigenvalue weighted by molar-refractivity contribution is 7.91. The molecule has 0 radical (unpaired) electrons. The molecule has 154 valence electrons. The third-order valence-electron chi connectivity index (χ3n) is 4.24. The van der Waals surface area contributed by atoms with E-state index in [0.29, 0.717) is 18.5 Å². The number of aromatic amines is 1. The zero-order valence-electron chi connectivity index (χ0n) is 15.5. The molecule has 0 amide bonds. The lowest BCUT2D eigenvalue weighted by atomic mass is 10.2. The lowest BCUT2D eigenvalue weighted by molar-refractivity contribution is 0.234. The fourth-order valence-corrected chi connectivity index (χ4v) is 3.45. The molecule has 0 unspecified atom stereocenters. The number of benzene rings is 1. The molecular formula is C17H22F2N4O4S. The highest BCUT2D eigenvalue weighted by Crippen LogP contribution is 2.21. The minimum atomic E-state index is -4.67. The van der Waals surface area contributed by atoms with Crippen LogP contribution >= 0.6 is 0 Å².